The lowest BCUT2D eigenvalue weighted by Crippen LogP contribution is -2.47. The molecule has 1 atom stereocenters. The Balaban J connectivity index is 1.78. The van der Waals surface area contributed by atoms with E-state index in [9.17, 15) is 22.8 Å². The molecule has 0 spiro atoms. The fourth-order valence-electron chi connectivity index (χ4n) is 3.36. The van der Waals surface area contributed by atoms with Crippen molar-refractivity contribution < 1.29 is 22.8 Å². The zero-order valence-corrected chi connectivity index (χ0v) is 18.3. The summed E-state index contributed by atoms with van der Waals surface area (Å²) in [6, 6.07) is 13.2. The molecule has 3 rings (SSSR count). The minimum atomic E-state index is -3.66. The van der Waals surface area contributed by atoms with E-state index in [4.69, 9.17) is 0 Å². The number of hydrogen-bond donors (Lipinski definition) is 2. The molecule has 1 unspecified atom stereocenters. The summed E-state index contributed by atoms with van der Waals surface area (Å²) >= 11 is 0. The highest BCUT2D eigenvalue weighted by atomic mass is 32.2. The Morgan fingerprint density at radius 3 is 2.16 bits per heavy atom. The van der Waals surface area contributed by atoms with Crippen LogP contribution in [0.2, 0.25) is 0 Å². The number of imide groups is 1. The van der Waals surface area contributed by atoms with Crippen LogP contribution in [0.15, 0.2) is 59.5 Å². The Kier molecular flexibility index (Phi) is 6.14. The number of hydrazine groups is 1. The summed E-state index contributed by atoms with van der Waals surface area (Å²) in [5.74, 6) is -1.34. The van der Waals surface area contributed by atoms with Crippen molar-refractivity contribution in [3.63, 3.8) is 0 Å². The molecule has 0 saturated carbocycles. The summed E-state index contributed by atoms with van der Waals surface area (Å²) in [5, 5.41) is 3.23. The third-order valence-corrected chi connectivity index (χ3v) is 7.28. The van der Waals surface area contributed by atoms with Gasteiger partial charge in [-0.3, -0.25) is 15.0 Å². The largest absolute Gasteiger partial charge is 0.344 e. The van der Waals surface area contributed by atoms with E-state index in [1.807, 2.05) is 0 Å². The first-order valence-electron chi connectivity index (χ1n) is 9.78. The molecule has 4 amide bonds. The fraction of sp³-hybridized carbons (Fsp3) is 0.286. The van der Waals surface area contributed by atoms with Gasteiger partial charge in [0.05, 0.1) is 4.90 Å². The minimum Gasteiger partial charge on any atom is -0.318 e. The number of rotatable bonds is 7. The van der Waals surface area contributed by atoms with Crippen LogP contribution in [-0.4, -0.2) is 48.7 Å². The number of urea groups is 1. The zero-order valence-electron chi connectivity index (χ0n) is 17.5. The normalized spacial score (nSPS) is 18.9. The van der Waals surface area contributed by atoms with E-state index in [1.165, 1.54) is 28.6 Å². The number of sulfonamides is 1. The van der Waals surface area contributed by atoms with E-state index < -0.39 is 33.4 Å². The molecule has 9 nitrogen and oxygen atoms in total. The van der Waals surface area contributed by atoms with E-state index in [0.717, 1.165) is 0 Å². The summed E-state index contributed by atoms with van der Waals surface area (Å²) in [6.45, 7) is 5.69. The van der Waals surface area contributed by atoms with Crippen LogP contribution in [0.1, 0.15) is 36.7 Å². The number of nitrogens with one attached hydrogen (secondary N) is 2. The van der Waals surface area contributed by atoms with E-state index in [1.54, 1.807) is 51.1 Å². The second-order valence-electron chi connectivity index (χ2n) is 7.12. The van der Waals surface area contributed by atoms with E-state index in [-0.39, 0.29) is 10.5 Å². The molecule has 1 saturated heterocycles. The van der Waals surface area contributed by atoms with E-state index in [2.05, 4.69) is 10.7 Å². The Morgan fingerprint density at radius 2 is 1.61 bits per heavy atom. The Bertz CT molecular complexity index is 1100. The maximum Gasteiger partial charge on any atom is 0.344 e. The topological polar surface area (TPSA) is 116 Å². The molecule has 2 aromatic rings. The van der Waals surface area contributed by atoms with Crippen molar-refractivity contribution in [2.24, 2.45) is 0 Å². The molecular formula is C21H24N4O5S. The first-order valence-corrected chi connectivity index (χ1v) is 11.2. The van der Waals surface area contributed by atoms with Gasteiger partial charge < -0.3 is 5.32 Å². The number of benzene rings is 2. The monoisotopic (exact) mass is 444 g/mol. The number of carbonyl (C=O) groups excluding carboxylic acids is 3. The predicted octanol–water partition coefficient (Wildman–Crippen LogP) is 1.83. The molecule has 31 heavy (non-hydrogen) atoms. The maximum absolute atomic E-state index is 12.9. The third-order valence-electron chi connectivity index (χ3n) is 5.22. The average molecular weight is 445 g/mol. The molecule has 2 N–H and O–H groups in total. The molecule has 0 aliphatic carbocycles. The van der Waals surface area contributed by atoms with Gasteiger partial charge in [-0.25, -0.2) is 13.2 Å². The second kappa shape index (κ2) is 8.48. The van der Waals surface area contributed by atoms with Crippen molar-refractivity contribution in [1.29, 1.82) is 0 Å². The highest BCUT2D eigenvalue weighted by molar-refractivity contribution is 7.89. The van der Waals surface area contributed by atoms with Gasteiger partial charge in [0.15, 0.2) is 0 Å². The Labute approximate surface area is 181 Å². The number of amides is 4. The standard InChI is InChI=1S/C21H24N4O5S/c1-4-24(5-2)31(29,30)17-13-11-15(12-14-17)18(26)23-25-19(27)21(3,22-20(25)28)16-9-7-6-8-10-16/h6-14H,4-5H2,1-3H3,(H,22,28)(H,23,26). The fourth-order valence-corrected chi connectivity index (χ4v) is 4.82. The Morgan fingerprint density at radius 1 is 1.03 bits per heavy atom. The molecule has 164 valence electrons. The van der Waals surface area contributed by atoms with Crippen LogP contribution >= 0.6 is 0 Å². The van der Waals surface area contributed by atoms with Gasteiger partial charge in [0.2, 0.25) is 10.0 Å². The molecule has 1 heterocycles. The van der Waals surface area contributed by atoms with Gasteiger partial charge in [-0.15, -0.1) is 0 Å². The van der Waals surface area contributed by atoms with Crippen LogP contribution in [0.25, 0.3) is 0 Å². The molecule has 1 aliphatic rings. The number of hydrogen-bond acceptors (Lipinski definition) is 5. The Hall–Kier alpha value is -3.24. The van der Waals surface area contributed by atoms with Crippen LogP contribution in [0, 0.1) is 0 Å². The summed E-state index contributed by atoms with van der Waals surface area (Å²) in [4.78, 5) is 37.9. The summed E-state index contributed by atoms with van der Waals surface area (Å²) in [6.07, 6.45) is 0. The maximum atomic E-state index is 12.9. The quantitative estimate of drug-likeness (QED) is 0.632. The van der Waals surface area contributed by atoms with Gasteiger partial charge in [0, 0.05) is 18.7 Å². The van der Waals surface area contributed by atoms with Gasteiger partial charge in [-0.1, -0.05) is 44.2 Å². The first kappa shape index (κ1) is 22.4. The van der Waals surface area contributed by atoms with Gasteiger partial charge in [0.25, 0.3) is 11.8 Å². The lowest BCUT2D eigenvalue weighted by atomic mass is 9.92. The van der Waals surface area contributed by atoms with E-state index >= 15 is 0 Å². The van der Waals surface area contributed by atoms with Crippen molar-refractivity contribution in [2.45, 2.75) is 31.2 Å². The lowest BCUT2D eigenvalue weighted by molar-refractivity contribution is -0.132. The first-order chi connectivity index (χ1) is 14.6. The second-order valence-corrected chi connectivity index (χ2v) is 9.05. The molecule has 2 aromatic carbocycles. The number of nitrogens with zero attached hydrogens (tertiary/aromatic N) is 2. The SMILES string of the molecule is CCN(CC)S(=O)(=O)c1ccc(C(=O)NN2C(=O)NC(C)(c3ccccc3)C2=O)cc1. The minimum absolute atomic E-state index is 0.0550. The van der Waals surface area contributed by atoms with E-state index in [0.29, 0.717) is 23.7 Å². The van der Waals surface area contributed by atoms with Gasteiger partial charge in [0.1, 0.15) is 5.54 Å². The molecule has 1 aliphatic heterocycles. The molecule has 10 heteroatoms. The third kappa shape index (κ3) is 4.04. The highest BCUT2D eigenvalue weighted by Crippen LogP contribution is 2.27. The van der Waals surface area contributed by atoms with Gasteiger partial charge in [-0.2, -0.15) is 9.31 Å². The van der Waals surface area contributed by atoms with Crippen LogP contribution in [0.4, 0.5) is 4.79 Å². The van der Waals surface area contributed by atoms with Gasteiger partial charge in [-0.05, 0) is 36.8 Å². The smallest absolute Gasteiger partial charge is 0.318 e. The molecule has 0 radical (unpaired) electrons. The van der Waals surface area contributed by atoms with Crippen LogP contribution < -0.4 is 10.7 Å². The van der Waals surface area contributed by atoms with Crippen molar-refractivity contribution in [2.75, 3.05) is 13.1 Å². The molecule has 0 bridgehead atoms. The van der Waals surface area contributed by atoms with Crippen molar-refractivity contribution in [3.05, 3.63) is 65.7 Å². The van der Waals surface area contributed by atoms with Crippen molar-refractivity contribution >= 4 is 27.9 Å². The summed E-state index contributed by atoms with van der Waals surface area (Å²) in [5.41, 5.74) is 1.67. The summed E-state index contributed by atoms with van der Waals surface area (Å²) in [7, 11) is -3.66. The van der Waals surface area contributed by atoms with Crippen LogP contribution in [0.3, 0.4) is 0 Å². The average Bonchev–Trinajstić information content (AvgIpc) is 2.99. The van der Waals surface area contributed by atoms with Gasteiger partial charge >= 0.3 is 6.03 Å². The number of carbonyl (C=O) groups is 3. The van der Waals surface area contributed by atoms with Crippen LogP contribution in [-0.2, 0) is 20.4 Å². The molecule has 0 aromatic heterocycles. The highest BCUT2D eigenvalue weighted by Gasteiger charge is 2.50. The van der Waals surface area contributed by atoms with Crippen molar-refractivity contribution in [1.82, 2.24) is 20.1 Å². The predicted molar refractivity (Wildman–Crippen MR) is 113 cm³/mol. The zero-order chi connectivity index (χ0) is 22.8. The molecular weight excluding hydrogens is 420 g/mol. The lowest BCUT2D eigenvalue weighted by Gasteiger charge is -2.22. The van der Waals surface area contributed by atoms with Crippen LogP contribution in [0.5, 0.6) is 0 Å². The van der Waals surface area contributed by atoms with Crippen molar-refractivity contribution in [3.8, 4) is 0 Å². The molecule has 1 fully saturated rings. The summed E-state index contributed by atoms with van der Waals surface area (Å²) < 4.78 is 26.4.